The largest absolute Gasteiger partial charge is 1.00 e. The Balaban J connectivity index is -0.000000828. The zero-order chi connectivity index (χ0) is 44.6. The highest BCUT2D eigenvalue weighted by Gasteiger charge is 2.24. The van der Waals surface area contributed by atoms with Crippen LogP contribution in [0, 0.1) is 20.2 Å². The molecule has 0 amide bonds. The average molecular weight is 1080 g/mol. The molecule has 0 aliphatic carbocycles. The summed E-state index contributed by atoms with van der Waals surface area (Å²) in [6.07, 6.45) is 21.2. The number of nitrogens with two attached hydrogens (primary N) is 1. The minimum atomic E-state index is -0.377. The first-order valence-corrected chi connectivity index (χ1v) is 23.1. The summed E-state index contributed by atoms with van der Waals surface area (Å²) in [7, 11) is 0. The van der Waals surface area contributed by atoms with Gasteiger partial charge in [0.2, 0.25) is 0 Å². The maximum atomic E-state index is 10.6. The Bertz CT molecular complexity index is 1430. The molecule has 0 saturated heterocycles. The number of nitrogens with one attached hydrogen (secondary N) is 1. The van der Waals surface area contributed by atoms with Crippen molar-refractivity contribution in [3.63, 3.8) is 0 Å². The number of non-ortho nitro benzene ring substituents is 2. The molecule has 0 bridgehead atoms. The first-order valence-electron chi connectivity index (χ1n) is 23.1. The normalized spacial score (nSPS) is 12.5. The van der Waals surface area contributed by atoms with E-state index in [1.807, 2.05) is 44.3 Å². The van der Waals surface area contributed by atoms with Crippen molar-refractivity contribution < 1.29 is 65.3 Å². The summed E-state index contributed by atoms with van der Waals surface area (Å²) in [6, 6.07) is 14.1. The summed E-state index contributed by atoms with van der Waals surface area (Å²) in [4.78, 5) is 29.3. The standard InChI is InChI=1S/C16H24N4O2.C16H36N.C13H18N4O2.C2H6.3BrH/c1-14(2)17-8-10-19-12-11-18(13-19)9-7-15-3-5-16(6-4-15)20(21)22;1-5-9-13-17(14-10-6-2,15-11-7-3)16-12-8-4;14-6-8-16-10-9-15(11-16)7-5-12-1-3-13(4-2-12)17(18)19;1-2;;;/h3-6,11-12,14,17H,7-10,13H2,1-2H3;5-16H2,1-4H3;1-4,9-10H,5-8,11,14H2;1-2H3;3*1H/q;+1;;;;;/p-3. The molecular formula is C47H84Br3N9O4-2. The fourth-order valence-electron chi connectivity index (χ4n) is 7.03. The molecule has 0 atom stereocenters. The Kier molecular flexibility index (Phi) is 40.5. The maximum Gasteiger partial charge on any atom is 0.269 e. The number of halogens is 3. The molecule has 0 fully saturated rings. The zero-order valence-corrected chi connectivity index (χ0v) is 44.8. The van der Waals surface area contributed by atoms with Crippen LogP contribution in [-0.2, 0) is 12.8 Å². The fraction of sp³-hybridized carbons (Fsp3) is 0.660. The van der Waals surface area contributed by atoms with E-state index in [2.05, 4.69) is 85.1 Å². The fourth-order valence-corrected chi connectivity index (χ4v) is 7.03. The Hall–Kier alpha value is -2.76. The summed E-state index contributed by atoms with van der Waals surface area (Å²) >= 11 is 0. The molecule has 4 rings (SSSR count). The quantitative estimate of drug-likeness (QED) is 0.0774. The van der Waals surface area contributed by atoms with Gasteiger partial charge in [0, 0.05) is 94.4 Å². The van der Waals surface area contributed by atoms with Crippen LogP contribution in [0.3, 0.4) is 0 Å². The van der Waals surface area contributed by atoms with Gasteiger partial charge in [-0.25, -0.2) is 0 Å². The van der Waals surface area contributed by atoms with Crippen LogP contribution >= 0.6 is 0 Å². The van der Waals surface area contributed by atoms with Gasteiger partial charge in [0.05, 0.1) is 49.4 Å². The number of hydrogen-bond donors (Lipinski definition) is 2. The monoisotopic (exact) mass is 1080 g/mol. The Morgan fingerprint density at radius 2 is 0.905 bits per heavy atom. The van der Waals surface area contributed by atoms with Crippen LogP contribution in [0.2, 0.25) is 0 Å². The second-order valence-electron chi connectivity index (χ2n) is 16.0. The summed E-state index contributed by atoms with van der Waals surface area (Å²) in [5.41, 5.74) is 8.02. The maximum absolute atomic E-state index is 10.6. The first kappa shape index (κ1) is 64.5. The number of nitro groups is 2. The summed E-state index contributed by atoms with van der Waals surface area (Å²) in [5, 5.41) is 24.6. The molecule has 2 aromatic rings. The molecule has 16 heteroatoms. The molecular weight excluding hydrogens is 994 g/mol. The van der Waals surface area contributed by atoms with Gasteiger partial charge in [-0.2, -0.15) is 0 Å². The van der Waals surface area contributed by atoms with Crippen molar-refractivity contribution in [1.82, 2.24) is 24.9 Å². The minimum Gasteiger partial charge on any atom is -1.00 e. The number of quaternary nitrogens is 1. The Labute approximate surface area is 414 Å². The van der Waals surface area contributed by atoms with E-state index in [4.69, 9.17) is 5.73 Å². The number of nitrogens with zero attached hydrogens (tertiary/aromatic N) is 7. The number of rotatable bonds is 26. The topological polar surface area (TPSA) is 137 Å². The van der Waals surface area contributed by atoms with E-state index in [1.54, 1.807) is 24.3 Å². The van der Waals surface area contributed by atoms with Gasteiger partial charge in [0.25, 0.3) is 11.4 Å². The first-order chi connectivity index (χ1) is 29.0. The van der Waals surface area contributed by atoms with Crippen molar-refractivity contribution in [3.05, 3.63) is 105 Å². The molecule has 3 N–H and O–H groups in total. The predicted molar refractivity (Wildman–Crippen MR) is 251 cm³/mol. The van der Waals surface area contributed by atoms with Crippen molar-refractivity contribution in [3.8, 4) is 0 Å². The molecule has 0 saturated carbocycles. The van der Waals surface area contributed by atoms with E-state index in [-0.39, 0.29) is 72.2 Å². The molecule has 13 nitrogen and oxygen atoms in total. The van der Waals surface area contributed by atoms with Gasteiger partial charge in [0.1, 0.15) is 0 Å². The highest BCUT2D eigenvalue weighted by Crippen LogP contribution is 2.18. The molecule has 2 aliphatic rings. The average Bonchev–Trinajstić information content (AvgIpc) is 3.92. The minimum absolute atomic E-state index is 0. The third-order valence-electron chi connectivity index (χ3n) is 10.7. The lowest BCUT2D eigenvalue weighted by molar-refractivity contribution is -0.929. The highest BCUT2D eigenvalue weighted by atomic mass is 79.9. The summed E-state index contributed by atoms with van der Waals surface area (Å²) in [6.45, 7) is 30.4. The van der Waals surface area contributed by atoms with Crippen molar-refractivity contribution >= 4 is 11.4 Å². The van der Waals surface area contributed by atoms with Crippen LogP contribution in [0.5, 0.6) is 0 Å². The Morgan fingerprint density at radius 3 is 1.19 bits per heavy atom. The van der Waals surface area contributed by atoms with Crippen LogP contribution in [0.25, 0.3) is 0 Å². The Morgan fingerprint density at radius 1 is 0.587 bits per heavy atom. The second kappa shape index (κ2) is 39.6. The molecule has 0 spiro atoms. The lowest BCUT2D eigenvalue weighted by atomic mass is 10.1. The third kappa shape index (κ3) is 28.7. The van der Waals surface area contributed by atoms with E-state index in [9.17, 15) is 20.2 Å². The van der Waals surface area contributed by atoms with Crippen molar-refractivity contribution in [2.45, 2.75) is 126 Å². The van der Waals surface area contributed by atoms with Gasteiger partial charge in [-0.1, -0.05) is 105 Å². The molecule has 2 aromatic carbocycles. The molecule has 364 valence electrons. The third-order valence-corrected chi connectivity index (χ3v) is 10.7. The van der Waals surface area contributed by atoms with Crippen LogP contribution in [0.1, 0.15) is 118 Å². The van der Waals surface area contributed by atoms with Gasteiger partial charge in [-0.05, 0) is 49.7 Å². The van der Waals surface area contributed by atoms with Crippen LogP contribution in [-0.4, -0.2) is 119 Å². The number of unbranched alkanes of at least 4 members (excludes halogenated alkanes) is 4. The molecule has 2 aliphatic heterocycles. The lowest BCUT2D eigenvalue weighted by Crippen LogP contribution is -3.00. The van der Waals surface area contributed by atoms with Gasteiger partial charge in [-0.15, -0.1) is 0 Å². The van der Waals surface area contributed by atoms with E-state index in [0.717, 1.165) is 70.0 Å². The zero-order valence-electron chi connectivity index (χ0n) is 40.0. The van der Waals surface area contributed by atoms with E-state index in [1.165, 1.54) is 82.0 Å². The number of benzene rings is 2. The van der Waals surface area contributed by atoms with Crippen molar-refractivity contribution in [2.75, 3.05) is 78.8 Å². The van der Waals surface area contributed by atoms with E-state index < -0.39 is 0 Å². The second-order valence-corrected chi connectivity index (χ2v) is 16.0. The predicted octanol–water partition coefficient (Wildman–Crippen LogP) is 0.366. The van der Waals surface area contributed by atoms with E-state index >= 15 is 0 Å². The summed E-state index contributed by atoms with van der Waals surface area (Å²) in [5.74, 6) is 0. The lowest BCUT2D eigenvalue weighted by Gasteiger charge is -2.39. The SMILES string of the molecule is CC.CC(C)NCCN1C=CN(CCc2ccc([N+](=O)[O-])cc2)C1.CCCC[N+](CCCC)(CCCC)CCCC.NCCN1C=CN(CCc2ccc([N+](=O)[O-])cc2)C1.[Br-].[Br-].[Br-]. The van der Waals surface area contributed by atoms with Gasteiger partial charge in [-0.3, -0.25) is 20.2 Å². The molecule has 0 aromatic heterocycles. The van der Waals surface area contributed by atoms with Gasteiger partial charge in [0.15, 0.2) is 0 Å². The van der Waals surface area contributed by atoms with Crippen molar-refractivity contribution in [1.29, 1.82) is 0 Å². The summed E-state index contributed by atoms with van der Waals surface area (Å²) < 4.78 is 1.42. The van der Waals surface area contributed by atoms with Crippen LogP contribution < -0.4 is 62.0 Å². The van der Waals surface area contributed by atoms with E-state index in [0.29, 0.717) is 12.6 Å². The highest BCUT2D eigenvalue weighted by molar-refractivity contribution is 5.33. The molecule has 63 heavy (non-hydrogen) atoms. The van der Waals surface area contributed by atoms with Crippen LogP contribution in [0.4, 0.5) is 11.4 Å². The molecule has 0 unspecified atom stereocenters. The number of hydrogen-bond acceptors (Lipinski definition) is 10. The van der Waals surface area contributed by atoms with Gasteiger partial charge < -0.3 is 86.1 Å². The van der Waals surface area contributed by atoms with Crippen LogP contribution in [0.15, 0.2) is 73.3 Å². The molecule has 0 radical (unpaired) electrons. The van der Waals surface area contributed by atoms with Gasteiger partial charge >= 0.3 is 0 Å². The smallest absolute Gasteiger partial charge is 0.269 e. The molecule has 2 heterocycles. The number of nitro benzene ring substituents is 2. The van der Waals surface area contributed by atoms with Crippen molar-refractivity contribution in [2.24, 2.45) is 5.73 Å².